The smallest absolute Gasteiger partial charge is 0.251 e. The molecule has 0 aliphatic rings. The Bertz CT molecular complexity index is 535. The summed E-state index contributed by atoms with van der Waals surface area (Å²) in [5.74, 6) is 0.577. The van der Waals surface area contributed by atoms with Crippen LogP contribution in [0.4, 0.5) is 0 Å². The van der Waals surface area contributed by atoms with Crippen LogP contribution in [-0.2, 0) is 6.42 Å². The fourth-order valence-electron chi connectivity index (χ4n) is 1.19. The molecule has 0 aliphatic heterocycles. The normalized spacial score (nSPS) is 10.7. The van der Waals surface area contributed by atoms with Gasteiger partial charge in [0.15, 0.2) is 0 Å². The van der Waals surface area contributed by atoms with Gasteiger partial charge in [-0.15, -0.1) is 0 Å². The van der Waals surface area contributed by atoms with Crippen molar-refractivity contribution in [2.24, 2.45) is 0 Å². The highest BCUT2D eigenvalue weighted by Crippen LogP contribution is 2.09. The van der Waals surface area contributed by atoms with E-state index in [1.807, 2.05) is 6.92 Å². The Morgan fingerprint density at radius 2 is 2.29 bits per heavy atom. The van der Waals surface area contributed by atoms with Gasteiger partial charge in [0.2, 0.25) is 0 Å². The van der Waals surface area contributed by atoms with Crippen LogP contribution in [0.5, 0.6) is 0 Å². The largest absolute Gasteiger partial charge is 0.355 e. The van der Waals surface area contributed by atoms with E-state index < -0.39 is 0 Å². The summed E-state index contributed by atoms with van der Waals surface area (Å²) in [4.78, 5) is 19.5. The van der Waals surface area contributed by atoms with Crippen molar-refractivity contribution in [2.45, 2.75) is 13.3 Å². The molecule has 4 nitrogen and oxygen atoms in total. The van der Waals surface area contributed by atoms with E-state index in [1.165, 1.54) is 4.40 Å². The summed E-state index contributed by atoms with van der Waals surface area (Å²) in [6, 6.07) is 3.58. The third-order valence-corrected chi connectivity index (χ3v) is 2.38. The van der Waals surface area contributed by atoms with Gasteiger partial charge in [0, 0.05) is 17.1 Å². The van der Waals surface area contributed by atoms with Gasteiger partial charge in [-0.2, -0.15) is 4.98 Å². The Kier molecular flexibility index (Phi) is 2.33. The van der Waals surface area contributed by atoms with Crippen LogP contribution in [0.15, 0.2) is 27.6 Å². The fourth-order valence-corrected chi connectivity index (χ4v) is 1.51. The van der Waals surface area contributed by atoms with Crippen molar-refractivity contribution in [3.8, 4) is 0 Å². The van der Waals surface area contributed by atoms with Gasteiger partial charge in [0.1, 0.15) is 11.5 Å². The van der Waals surface area contributed by atoms with Gasteiger partial charge in [0.25, 0.3) is 0 Å². The zero-order valence-corrected chi connectivity index (χ0v) is 9.15. The number of fused-ring (bicyclic) bond motifs is 1. The molecule has 0 bridgehead atoms. The van der Waals surface area contributed by atoms with Crippen LogP contribution in [0.2, 0.25) is 0 Å². The van der Waals surface area contributed by atoms with E-state index in [0.717, 1.165) is 4.47 Å². The summed E-state index contributed by atoms with van der Waals surface area (Å²) in [6.07, 6.45) is 2.32. The van der Waals surface area contributed by atoms with E-state index in [0.29, 0.717) is 17.9 Å². The molecule has 2 aromatic heterocycles. The van der Waals surface area contributed by atoms with Crippen molar-refractivity contribution in [3.63, 3.8) is 0 Å². The molecule has 0 saturated heterocycles. The Morgan fingerprint density at radius 1 is 1.50 bits per heavy atom. The molecule has 0 saturated carbocycles. The predicted molar refractivity (Wildman–Crippen MR) is 56.3 cm³/mol. The standard InChI is InChI=1S/C9H8BrN3O/c1-2-7-11-8-5-6(10)3-4-13(8)9(14)12-7/h3-5H,2H2,1H3. The summed E-state index contributed by atoms with van der Waals surface area (Å²) >= 11 is 3.33. The number of hydrogen-bond acceptors (Lipinski definition) is 3. The molecule has 0 unspecified atom stereocenters. The topological polar surface area (TPSA) is 47.3 Å². The first kappa shape index (κ1) is 9.33. The number of rotatable bonds is 1. The summed E-state index contributed by atoms with van der Waals surface area (Å²) in [5.41, 5.74) is 0.343. The van der Waals surface area contributed by atoms with Crippen LogP contribution in [0, 0.1) is 0 Å². The first-order chi connectivity index (χ1) is 6.70. The lowest BCUT2D eigenvalue weighted by atomic mass is 10.4. The van der Waals surface area contributed by atoms with E-state index in [2.05, 4.69) is 25.9 Å². The second kappa shape index (κ2) is 3.49. The zero-order chi connectivity index (χ0) is 10.1. The maximum atomic E-state index is 11.5. The van der Waals surface area contributed by atoms with Crippen LogP contribution in [0.25, 0.3) is 5.65 Å². The van der Waals surface area contributed by atoms with Gasteiger partial charge in [-0.05, 0) is 12.1 Å². The molecule has 14 heavy (non-hydrogen) atoms. The second-order valence-electron chi connectivity index (χ2n) is 2.85. The number of hydrogen-bond donors (Lipinski definition) is 0. The van der Waals surface area contributed by atoms with Gasteiger partial charge < -0.3 is 0 Å². The molecule has 72 valence electrons. The highest BCUT2D eigenvalue weighted by atomic mass is 79.9. The molecule has 2 heterocycles. The molecule has 0 radical (unpaired) electrons. The third-order valence-electron chi connectivity index (χ3n) is 1.89. The van der Waals surface area contributed by atoms with Crippen molar-refractivity contribution < 1.29 is 0 Å². The quantitative estimate of drug-likeness (QED) is 0.773. The molecule has 2 aromatic rings. The van der Waals surface area contributed by atoms with Gasteiger partial charge in [0.05, 0.1) is 0 Å². The van der Waals surface area contributed by atoms with E-state index in [1.54, 1.807) is 18.3 Å². The van der Waals surface area contributed by atoms with Crippen molar-refractivity contribution in [3.05, 3.63) is 39.1 Å². The lowest BCUT2D eigenvalue weighted by molar-refractivity contribution is 0.852. The maximum Gasteiger partial charge on any atom is 0.355 e. The Labute approximate surface area is 88.8 Å². The Balaban J connectivity index is 2.84. The number of pyridine rings is 1. The van der Waals surface area contributed by atoms with Crippen LogP contribution >= 0.6 is 15.9 Å². The van der Waals surface area contributed by atoms with Crippen LogP contribution < -0.4 is 5.69 Å². The summed E-state index contributed by atoms with van der Waals surface area (Å²) in [6.45, 7) is 1.92. The average Bonchev–Trinajstić information content (AvgIpc) is 2.16. The van der Waals surface area contributed by atoms with Crippen molar-refractivity contribution >= 4 is 21.6 Å². The van der Waals surface area contributed by atoms with Crippen molar-refractivity contribution in [1.82, 2.24) is 14.4 Å². The van der Waals surface area contributed by atoms with Crippen molar-refractivity contribution in [2.75, 3.05) is 0 Å². The minimum absolute atomic E-state index is 0.278. The first-order valence-corrected chi connectivity index (χ1v) is 5.05. The molecule has 0 spiro atoms. The van der Waals surface area contributed by atoms with E-state index in [9.17, 15) is 4.79 Å². The SMILES string of the molecule is CCc1nc(=O)n2ccc(Br)cc2n1. The van der Waals surface area contributed by atoms with Crippen LogP contribution in [0.1, 0.15) is 12.7 Å². The third kappa shape index (κ3) is 1.55. The molecule has 0 aromatic carbocycles. The molecule has 2 rings (SSSR count). The molecule has 0 atom stereocenters. The van der Waals surface area contributed by atoms with E-state index in [4.69, 9.17) is 0 Å². The number of halogens is 1. The lowest BCUT2D eigenvalue weighted by Crippen LogP contribution is -2.20. The molecule has 0 amide bonds. The Morgan fingerprint density at radius 3 is 3.00 bits per heavy atom. The predicted octanol–water partition coefficient (Wildman–Crippen LogP) is 1.41. The molecular formula is C9H8BrN3O. The van der Waals surface area contributed by atoms with Gasteiger partial charge in [-0.1, -0.05) is 22.9 Å². The Hall–Kier alpha value is -1.23. The highest BCUT2D eigenvalue weighted by molar-refractivity contribution is 9.10. The van der Waals surface area contributed by atoms with Crippen molar-refractivity contribution in [1.29, 1.82) is 0 Å². The summed E-state index contributed by atoms with van der Waals surface area (Å²) in [5, 5.41) is 0. The number of aromatic nitrogens is 3. The fraction of sp³-hybridized carbons (Fsp3) is 0.222. The van der Waals surface area contributed by atoms with Gasteiger partial charge in [-0.3, -0.25) is 4.40 Å². The molecule has 5 heteroatoms. The van der Waals surface area contributed by atoms with Crippen LogP contribution in [0.3, 0.4) is 0 Å². The number of aryl methyl sites for hydroxylation is 1. The lowest BCUT2D eigenvalue weighted by Gasteiger charge is -2.00. The second-order valence-corrected chi connectivity index (χ2v) is 3.76. The molecule has 0 aliphatic carbocycles. The van der Waals surface area contributed by atoms with Crippen LogP contribution in [-0.4, -0.2) is 14.4 Å². The minimum Gasteiger partial charge on any atom is -0.251 e. The monoisotopic (exact) mass is 253 g/mol. The molecule has 0 fully saturated rings. The molecular weight excluding hydrogens is 246 g/mol. The van der Waals surface area contributed by atoms with Gasteiger partial charge in [-0.25, -0.2) is 9.78 Å². The van der Waals surface area contributed by atoms with E-state index in [-0.39, 0.29) is 5.69 Å². The maximum absolute atomic E-state index is 11.5. The molecule has 0 N–H and O–H groups in total. The summed E-state index contributed by atoms with van der Waals surface area (Å²) < 4.78 is 2.32. The summed E-state index contributed by atoms with van der Waals surface area (Å²) in [7, 11) is 0. The van der Waals surface area contributed by atoms with E-state index >= 15 is 0 Å². The average molecular weight is 254 g/mol. The first-order valence-electron chi connectivity index (χ1n) is 4.25. The zero-order valence-electron chi connectivity index (χ0n) is 7.57. The highest BCUT2D eigenvalue weighted by Gasteiger charge is 2.01. The van der Waals surface area contributed by atoms with Gasteiger partial charge >= 0.3 is 5.69 Å². The minimum atomic E-state index is -0.278. The number of nitrogens with zero attached hydrogens (tertiary/aromatic N) is 3.